The van der Waals surface area contributed by atoms with Crippen LogP contribution in [-0.4, -0.2) is 33.5 Å². The third-order valence-corrected chi connectivity index (χ3v) is 3.13. The van der Waals surface area contributed by atoms with Gasteiger partial charge in [0.05, 0.1) is 0 Å². The Balaban J connectivity index is 2.23. The van der Waals surface area contributed by atoms with E-state index in [1.54, 1.807) is 52.0 Å². The van der Waals surface area contributed by atoms with Crippen LogP contribution in [-0.2, 0) is 9.53 Å². The number of aliphatic hydroxyl groups excluding tert-OH is 1. The number of carbonyl (C=O) groups excluding carboxylic acids is 2. The van der Waals surface area contributed by atoms with Crippen LogP contribution in [0, 0.1) is 0 Å². The number of hydrogen-bond acceptors (Lipinski definition) is 4. The van der Waals surface area contributed by atoms with Crippen molar-refractivity contribution < 1.29 is 19.4 Å². The third-order valence-electron chi connectivity index (χ3n) is 3.13. The summed E-state index contributed by atoms with van der Waals surface area (Å²) < 4.78 is 5.26. The number of hydrogen-bond donors (Lipinski definition) is 1. The molecule has 20 heavy (non-hydrogen) atoms. The largest absolute Gasteiger partial charge is 0.458 e. The second-order valence-electron chi connectivity index (χ2n) is 5.88. The van der Waals surface area contributed by atoms with Crippen LogP contribution in [0.15, 0.2) is 24.3 Å². The predicted molar refractivity (Wildman–Crippen MR) is 72.9 cm³/mol. The van der Waals surface area contributed by atoms with Crippen LogP contribution in [0.2, 0.25) is 0 Å². The summed E-state index contributed by atoms with van der Waals surface area (Å²) in [6.45, 7) is 6.83. The van der Waals surface area contributed by atoms with Gasteiger partial charge in [0.2, 0.25) is 0 Å². The number of amides is 1. The van der Waals surface area contributed by atoms with E-state index in [1.807, 2.05) is 0 Å². The molecule has 1 heterocycles. The topological polar surface area (TPSA) is 66.8 Å². The fourth-order valence-corrected chi connectivity index (χ4v) is 2.21. The Morgan fingerprint density at radius 3 is 2.50 bits per heavy atom. The molecule has 2 rings (SSSR count). The molecule has 0 aliphatic carbocycles. The summed E-state index contributed by atoms with van der Waals surface area (Å²) in [7, 11) is 0. The van der Waals surface area contributed by atoms with Gasteiger partial charge in [-0.15, -0.1) is 0 Å². The van der Waals surface area contributed by atoms with Gasteiger partial charge < -0.3 is 9.84 Å². The zero-order chi connectivity index (χ0) is 15.1. The molecule has 1 aromatic carbocycles. The van der Waals surface area contributed by atoms with Gasteiger partial charge in [-0.2, -0.15) is 0 Å². The highest BCUT2D eigenvalue weighted by molar-refractivity contribution is 6.01. The Bertz CT molecular complexity index is 547. The van der Waals surface area contributed by atoms with Gasteiger partial charge in [0.15, 0.2) is 6.23 Å². The summed E-state index contributed by atoms with van der Waals surface area (Å²) in [6.07, 6.45) is -1.11. The molecule has 0 saturated heterocycles. The van der Waals surface area contributed by atoms with E-state index < -0.39 is 23.8 Å². The van der Waals surface area contributed by atoms with Crippen molar-refractivity contribution in [2.24, 2.45) is 0 Å². The molecule has 1 aliphatic rings. The summed E-state index contributed by atoms with van der Waals surface area (Å²) in [5.74, 6) is -0.885. The zero-order valence-electron chi connectivity index (χ0n) is 12.1. The third kappa shape index (κ3) is 2.54. The monoisotopic (exact) mass is 277 g/mol. The fourth-order valence-electron chi connectivity index (χ4n) is 2.21. The molecule has 1 N–H and O–H groups in total. The van der Waals surface area contributed by atoms with Crippen molar-refractivity contribution in [2.75, 3.05) is 0 Å². The molecular formula is C15H19NO4. The first kappa shape index (κ1) is 14.5. The smallest absolute Gasteiger partial charge is 0.329 e. The van der Waals surface area contributed by atoms with Crippen LogP contribution in [0.25, 0.3) is 0 Å². The first-order valence-electron chi connectivity index (χ1n) is 6.55. The molecule has 0 spiro atoms. The first-order chi connectivity index (χ1) is 9.22. The average Bonchev–Trinajstić information content (AvgIpc) is 2.60. The SMILES string of the molecule is CC(C(=O)OC(C)(C)C)N1C(=O)c2ccccc2C1O. The minimum atomic E-state index is -1.11. The number of ether oxygens (including phenoxy) is 1. The number of carbonyl (C=O) groups is 2. The molecule has 0 saturated carbocycles. The number of fused-ring (bicyclic) bond motifs is 1. The zero-order valence-corrected chi connectivity index (χ0v) is 12.1. The molecule has 5 nitrogen and oxygen atoms in total. The molecule has 0 radical (unpaired) electrons. The van der Waals surface area contributed by atoms with Gasteiger partial charge in [0.1, 0.15) is 11.6 Å². The van der Waals surface area contributed by atoms with Crippen LogP contribution >= 0.6 is 0 Å². The van der Waals surface area contributed by atoms with Crippen LogP contribution in [0.3, 0.4) is 0 Å². The van der Waals surface area contributed by atoms with E-state index in [9.17, 15) is 14.7 Å². The number of aliphatic hydroxyl groups is 1. The van der Waals surface area contributed by atoms with Crippen LogP contribution in [0.4, 0.5) is 0 Å². The maximum atomic E-state index is 12.3. The Labute approximate surface area is 118 Å². The van der Waals surface area contributed by atoms with Gasteiger partial charge in [-0.3, -0.25) is 9.69 Å². The average molecular weight is 277 g/mol. The lowest BCUT2D eigenvalue weighted by Gasteiger charge is -2.29. The molecule has 0 aromatic heterocycles. The fraction of sp³-hybridized carbons (Fsp3) is 0.467. The minimum absolute atomic E-state index is 0.355. The Hall–Kier alpha value is -1.88. The molecule has 2 unspecified atom stereocenters. The molecule has 1 aliphatic heterocycles. The molecule has 108 valence electrons. The minimum Gasteiger partial charge on any atom is -0.458 e. The Morgan fingerprint density at radius 1 is 1.35 bits per heavy atom. The highest BCUT2D eigenvalue weighted by atomic mass is 16.6. The highest BCUT2D eigenvalue weighted by Crippen LogP contribution is 2.33. The highest BCUT2D eigenvalue weighted by Gasteiger charge is 2.41. The molecule has 1 amide bonds. The normalized spacial score (nSPS) is 19.8. The van der Waals surface area contributed by atoms with E-state index in [1.165, 1.54) is 0 Å². The van der Waals surface area contributed by atoms with Gasteiger partial charge in [-0.1, -0.05) is 18.2 Å². The summed E-state index contributed by atoms with van der Waals surface area (Å²) in [6, 6.07) is 5.95. The summed E-state index contributed by atoms with van der Waals surface area (Å²) in [5.41, 5.74) is 0.314. The van der Waals surface area contributed by atoms with Crippen molar-refractivity contribution in [2.45, 2.75) is 45.6 Å². The van der Waals surface area contributed by atoms with E-state index in [2.05, 4.69) is 0 Å². The Morgan fingerprint density at radius 2 is 1.95 bits per heavy atom. The van der Waals surface area contributed by atoms with Crippen molar-refractivity contribution in [1.29, 1.82) is 0 Å². The van der Waals surface area contributed by atoms with Gasteiger partial charge in [-0.25, -0.2) is 4.79 Å². The first-order valence-corrected chi connectivity index (χ1v) is 6.55. The number of rotatable bonds is 2. The van der Waals surface area contributed by atoms with Gasteiger partial charge in [0, 0.05) is 11.1 Å². The van der Waals surface area contributed by atoms with Crippen molar-refractivity contribution in [3.05, 3.63) is 35.4 Å². The Kier molecular flexibility index (Phi) is 3.56. The van der Waals surface area contributed by atoms with Crippen LogP contribution in [0.5, 0.6) is 0 Å². The quantitative estimate of drug-likeness (QED) is 0.838. The van der Waals surface area contributed by atoms with Crippen LogP contribution in [0.1, 0.15) is 49.8 Å². The van der Waals surface area contributed by atoms with Crippen molar-refractivity contribution in [3.8, 4) is 0 Å². The molecule has 5 heteroatoms. The molecule has 0 bridgehead atoms. The summed E-state index contributed by atoms with van der Waals surface area (Å²) in [4.78, 5) is 25.5. The van der Waals surface area contributed by atoms with E-state index >= 15 is 0 Å². The second-order valence-corrected chi connectivity index (χ2v) is 5.88. The number of nitrogens with zero attached hydrogens (tertiary/aromatic N) is 1. The van der Waals surface area contributed by atoms with Crippen molar-refractivity contribution in [3.63, 3.8) is 0 Å². The van der Waals surface area contributed by atoms with E-state index in [0.717, 1.165) is 4.90 Å². The lowest BCUT2D eigenvalue weighted by atomic mass is 10.1. The van der Waals surface area contributed by atoms with E-state index in [-0.39, 0.29) is 5.91 Å². The van der Waals surface area contributed by atoms with E-state index in [0.29, 0.717) is 11.1 Å². The number of benzene rings is 1. The molecule has 1 aromatic rings. The summed E-state index contributed by atoms with van der Waals surface area (Å²) in [5, 5.41) is 10.2. The molecular weight excluding hydrogens is 258 g/mol. The lowest BCUT2D eigenvalue weighted by Crippen LogP contribution is -2.44. The van der Waals surface area contributed by atoms with Gasteiger partial charge in [-0.05, 0) is 33.8 Å². The maximum absolute atomic E-state index is 12.3. The lowest BCUT2D eigenvalue weighted by molar-refractivity contribution is -0.162. The second kappa shape index (κ2) is 4.90. The molecule has 2 atom stereocenters. The van der Waals surface area contributed by atoms with Crippen molar-refractivity contribution >= 4 is 11.9 Å². The predicted octanol–water partition coefficient (Wildman–Crippen LogP) is 1.86. The summed E-state index contributed by atoms with van der Waals surface area (Å²) >= 11 is 0. The number of esters is 1. The van der Waals surface area contributed by atoms with Gasteiger partial charge >= 0.3 is 5.97 Å². The molecule has 0 fully saturated rings. The van der Waals surface area contributed by atoms with Crippen LogP contribution < -0.4 is 0 Å². The van der Waals surface area contributed by atoms with Crippen molar-refractivity contribution in [1.82, 2.24) is 4.90 Å². The van der Waals surface area contributed by atoms with E-state index in [4.69, 9.17) is 4.74 Å². The standard InChI is InChI=1S/C15H19NO4/c1-9(14(19)20-15(2,3)4)16-12(17)10-7-5-6-8-11(10)13(16)18/h5-9,12,17H,1-4H3. The van der Waals surface area contributed by atoms with Gasteiger partial charge in [0.25, 0.3) is 5.91 Å². The maximum Gasteiger partial charge on any atom is 0.329 e.